The van der Waals surface area contributed by atoms with Crippen molar-refractivity contribution in [2.24, 2.45) is 0 Å². The van der Waals surface area contributed by atoms with Crippen LogP contribution in [-0.2, 0) is 21.4 Å². The Balaban J connectivity index is 1.99. The van der Waals surface area contributed by atoms with Crippen molar-refractivity contribution in [3.05, 3.63) is 58.7 Å². The molecule has 6 nitrogen and oxygen atoms in total. The molecule has 1 aliphatic rings. The second kappa shape index (κ2) is 9.24. The van der Waals surface area contributed by atoms with Gasteiger partial charge >= 0.3 is 6.09 Å². The van der Waals surface area contributed by atoms with Crippen molar-refractivity contribution in [2.75, 3.05) is 19.0 Å². The van der Waals surface area contributed by atoms with E-state index in [2.05, 4.69) is 5.32 Å². The highest BCUT2D eigenvalue weighted by Crippen LogP contribution is 2.35. The molecule has 0 saturated heterocycles. The lowest BCUT2D eigenvalue weighted by Gasteiger charge is -2.37. The Labute approximate surface area is 199 Å². The fraction of sp³-hybridized carbons (Fsp3) is 0.462. The molecule has 0 saturated carbocycles. The number of benzene rings is 2. The molecule has 1 unspecified atom stereocenters. The van der Waals surface area contributed by atoms with Crippen LogP contribution in [0.1, 0.15) is 64.3 Å². The summed E-state index contributed by atoms with van der Waals surface area (Å²) in [5.41, 5.74) is -0.143. The van der Waals surface area contributed by atoms with Crippen LogP contribution in [0.25, 0.3) is 0 Å². The number of carbonyl (C=O) groups is 2. The van der Waals surface area contributed by atoms with E-state index in [-0.39, 0.29) is 17.8 Å². The van der Waals surface area contributed by atoms with Gasteiger partial charge in [0, 0.05) is 17.8 Å². The maximum Gasteiger partial charge on any atom is 0.411 e. The number of nitrogens with zero attached hydrogens (tertiary/aromatic N) is 1. The van der Waals surface area contributed by atoms with E-state index in [1.807, 2.05) is 6.07 Å². The monoisotopic (exact) mass is 474 g/mol. The molecule has 0 aromatic heterocycles. The van der Waals surface area contributed by atoms with Crippen LogP contribution in [-0.4, -0.2) is 36.2 Å². The fourth-order valence-corrected chi connectivity index (χ4v) is 4.10. The summed E-state index contributed by atoms with van der Waals surface area (Å²) < 4.78 is 40.3. The van der Waals surface area contributed by atoms with Gasteiger partial charge in [0.05, 0.1) is 7.11 Å². The highest BCUT2D eigenvalue weighted by atomic mass is 19.1. The van der Waals surface area contributed by atoms with E-state index in [0.717, 1.165) is 17.7 Å². The molecule has 1 atom stereocenters. The number of carbonyl (C=O) groups excluding carboxylic acids is 2. The van der Waals surface area contributed by atoms with Crippen LogP contribution >= 0.6 is 0 Å². The average molecular weight is 475 g/mol. The SMILES string of the molecule is COc1ccc2c(c1)CCN(C(=O)OC(C)(C)C)C2C(=O)Nc1cc(F)c(C(C)(C)C)c(F)c1. The topological polar surface area (TPSA) is 67.9 Å². The minimum atomic E-state index is -1.04. The smallest absolute Gasteiger partial charge is 0.411 e. The number of halogens is 2. The summed E-state index contributed by atoms with van der Waals surface area (Å²) in [7, 11) is 1.55. The normalized spacial score (nSPS) is 16.0. The summed E-state index contributed by atoms with van der Waals surface area (Å²) in [6.45, 7) is 10.6. The van der Waals surface area contributed by atoms with Crippen molar-refractivity contribution in [3.63, 3.8) is 0 Å². The first-order chi connectivity index (χ1) is 15.7. The zero-order valence-corrected chi connectivity index (χ0v) is 20.7. The first-order valence-corrected chi connectivity index (χ1v) is 11.2. The summed E-state index contributed by atoms with van der Waals surface area (Å²) in [5, 5.41) is 2.59. The van der Waals surface area contributed by atoms with Crippen LogP contribution in [0.15, 0.2) is 30.3 Å². The van der Waals surface area contributed by atoms with Crippen LogP contribution in [0, 0.1) is 11.6 Å². The summed E-state index contributed by atoms with van der Waals surface area (Å²) in [6, 6.07) is 6.39. The van der Waals surface area contributed by atoms with Gasteiger partial charge in [-0.3, -0.25) is 9.69 Å². The van der Waals surface area contributed by atoms with Crippen molar-refractivity contribution >= 4 is 17.7 Å². The number of ether oxygens (including phenoxy) is 2. The van der Waals surface area contributed by atoms with Gasteiger partial charge < -0.3 is 14.8 Å². The molecule has 0 spiro atoms. The van der Waals surface area contributed by atoms with E-state index in [4.69, 9.17) is 9.47 Å². The molecular formula is C26H32F2N2O4. The van der Waals surface area contributed by atoms with Crippen LogP contribution < -0.4 is 10.1 Å². The number of anilines is 1. The number of rotatable bonds is 3. The molecule has 3 rings (SSSR count). The van der Waals surface area contributed by atoms with Gasteiger partial charge in [-0.05, 0) is 68.0 Å². The van der Waals surface area contributed by atoms with Crippen LogP contribution in [0.5, 0.6) is 5.75 Å². The summed E-state index contributed by atoms with van der Waals surface area (Å²) in [5.74, 6) is -1.47. The molecule has 8 heteroatoms. The van der Waals surface area contributed by atoms with Gasteiger partial charge in [0.15, 0.2) is 0 Å². The lowest BCUT2D eigenvalue weighted by atomic mass is 9.86. The van der Waals surface area contributed by atoms with Crippen molar-refractivity contribution in [3.8, 4) is 5.75 Å². The number of fused-ring (bicyclic) bond motifs is 1. The predicted molar refractivity (Wildman–Crippen MR) is 126 cm³/mol. The molecule has 2 aromatic rings. The Hall–Kier alpha value is -3.16. The summed E-state index contributed by atoms with van der Waals surface area (Å²) in [6.07, 6.45) is -0.145. The van der Waals surface area contributed by atoms with Gasteiger partial charge in [0.1, 0.15) is 29.0 Å². The van der Waals surface area contributed by atoms with Crippen molar-refractivity contribution < 1.29 is 27.8 Å². The van der Waals surface area contributed by atoms with Gasteiger partial charge in [-0.2, -0.15) is 0 Å². The van der Waals surface area contributed by atoms with E-state index in [0.29, 0.717) is 17.7 Å². The molecule has 2 aromatic carbocycles. The Morgan fingerprint density at radius 1 is 1.03 bits per heavy atom. The highest BCUT2D eigenvalue weighted by Gasteiger charge is 2.38. The third-order valence-electron chi connectivity index (χ3n) is 5.51. The largest absolute Gasteiger partial charge is 0.497 e. The molecule has 1 N–H and O–H groups in total. The first-order valence-electron chi connectivity index (χ1n) is 11.2. The summed E-state index contributed by atoms with van der Waals surface area (Å²) in [4.78, 5) is 27.7. The molecule has 0 radical (unpaired) electrons. The molecule has 184 valence electrons. The minimum absolute atomic E-state index is 0.0298. The molecule has 0 bridgehead atoms. The van der Waals surface area contributed by atoms with Gasteiger partial charge in [-0.25, -0.2) is 13.6 Å². The van der Waals surface area contributed by atoms with E-state index in [1.54, 1.807) is 60.8 Å². The molecule has 2 amide bonds. The van der Waals surface area contributed by atoms with Crippen LogP contribution in [0.3, 0.4) is 0 Å². The Morgan fingerprint density at radius 2 is 1.65 bits per heavy atom. The summed E-state index contributed by atoms with van der Waals surface area (Å²) >= 11 is 0. The quantitative estimate of drug-likeness (QED) is 0.616. The number of methoxy groups -OCH3 is 1. The predicted octanol–water partition coefficient (Wildman–Crippen LogP) is 5.74. The Morgan fingerprint density at radius 3 is 2.18 bits per heavy atom. The maximum atomic E-state index is 14.7. The third-order valence-corrected chi connectivity index (χ3v) is 5.51. The second-order valence-corrected chi connectivity index (χ2v) is 10.4. The number of hydrogen-bond donors (Lipinski definition) is 1. The zero-order valence-electron chi connectivity index (χ0n) is 20.7. The van der Waals surface area contributed by atoms with Crippen LogP contribution in [0.4, 0.5) is 19.3 Å². The van der Waals surface area contributed by atoms with Crippen LogP contribution in [0.2, 0.25) is 0 Å². The van der Waals surface area contributed by atoms with Gasteiger partial charge in [-0.15, -0.1) is 0 Å². The standard InChI is InChI=1S/C26H32F2N2O4/c1-25(2,3)21-19(27)13-16(14-20(21)28)29-23(31)22-18-9-8-17(33-7)12-15(18)10-11-30(22)24(32)34-26(4,5)6/h8-9,12-14,22H,10-11H2,1-7H3,(H,29,31). The van der Waals surface area contributed by atoms with Crippen molar-refractivity contribution in [1.82, 2.24) is 4.90 Å². The maximum absolute atomic E-state index is 14.7. The third kappa shape index (κ3) is 5.48. The Kier molecular flexibility index (Phi) is 6.92. The van der Waals surface area contributed by atoms with E-state index >= 15 is 0 Å². The van der Waals surface area contributed by atoms with E-state index in [9.17, 15) is 18.4 Å². The van der Waals surface area contributed by atoms with Gasteiger partial charge in [0.2, 0.25) is 0 Å². The second-order valence-electron chi connectivity index (χ2n) is 10.4. The fourth-order valence-electron chi connectivity index (χ4n) is 4.10. The first kappa shape index (κ1) is 25.5. The lowest BCUT2D eigenvalue weighted by Crippen LogP contribution is -2.47. The molecule has 1 aliphatic heterocycles. The van der Waals surface area contributed by atoms with Crippen molar-refractivity contribution in [2.45, 2.75) is 65.0 Å². The van der Waals surface area contributed by atoms with Gasteiger partial charge in [0.25, 0.3) is 5.91 Å². The molecule has 1 heterocycles. The highest BCUT2D eigenvalue weighted by molar-refractivity contribution is 5.98. The number of nitrogens with one attached hydrogen (secondary N) is 1. The molecule has 34 heavy (non-hydrogen) atoms. The number of hydrogen-bond acceptors (Lipinski definition) is 4. The lowest BCUT2D eigenvalue weighted by molar-refractivity contribution is -0.121. The van der Waals surface area contributed by atoms with Gasteiger partial charge in [-0.1, -0.05) is 26.8 Å². The zero-order chi connectivity index (χ0) is 25.4. The van der Waals surface area contributed by atoms with Crippen molar-refractivity contribution in [1.29, 1.82) is 0 Å². The number of amides is 2. The minimum Gasteiger partial charge on any atom is -0.497 e. The van der Waals surface area contributed by atoms with E-state index in [1.165, 1.54) is 4.90 Å². The Bertz CT molecular complexity index is 1080. The molecular weight excluding hydrogens is 442 g/mol. The molecule has 0 aliphatic carbocycles. The molecule has 0 fully saturated rings. The van der Waals surface area contributed by atoms with E-state index < -0.39 is 40.7 Å². The average Bonchev–Trinajstić information content (AvgIpc) is 2.69.